The first-order chi connectivity index (χ1) is 8.54. The molecule has 0 amide bonds. The Morgan fingerprint density at radius 1 is 1.39 bits per heavy atom. The standard InChI is InChI=1S/C13H11BrCl2OS/c1-7-5-11(17-2)8(6-9(7)14)12(16)13-10(15)3-4-18-13/h3-6,12H,1-2H3. The van der Waals surface area contributed by atoms with Crippen LogP contribution in [-0.2, 0) is 0 Å². The Morgan fingerprint density at radius 3 is 2.67 bits per heavy atom. The number of rotatable bonds is 3. The van der Waals surface area contributed by atoms with E-state index < -0.39 is 0 Å². The molecule has 5 heteroatoms. The molecule has 0 spiro atoms. The molecule has 2 aromatic rings. The monoisotopic (exact) mass is 364 g/mol. The summed E-state index contributed by atoms with van der Waals surface area (Å²) in [6, 6.07) is 5.81. The molecule has 0 saturated carbocycles. The number of benzene rings is 1. The number of hydrogen-bond acceptors (Lipinski definition) is 2. The normalized spacial score (nSPS) is 12.5. The van der Waals surface area contributed by atoms with E-state index in [2.05, 4.69) is 15.9 Å². The van der Waals surface area contributed by atoms with Crippen molar-refractivity contribution in [2.24, 2.45) is 0 Å². The largest absolute Gasteiger partial charge is 0.496 e. The van der Waals surface area contributed by atoms with Crippen LogP contribution in [0.1, 0.15) is 21.4 Å². The highest BCUT2D eigenvalue weighted by Crippen LogP contribution is 2.42. The van der Waals surface area contributed by atoms with Crippen LogP contribution in [-0.4, -0.2) is 7.11 Å². The summed E-state index contributed by atoms with van der Waals surface area (Å²) in [4.78, 5) is 0.937. The average Bonchev–Trinajstić information content (AvgIpc) is 2.77. The van der Waals surface area contributed by atoms with E-state index in [1.54, 1.807) is 18.4 Å². The topological polar surface area (TPSA) is 9.23 Å². The van der Waals surface area contributed by atoms with Gasteiger partial charge in [-0.15, -0.1) is 22.9 Å². The summed E-state index contributed by atoms with van der Waals surface area (Å²) >= 11 is 17.7. The van der Waals surface area contributed by atoms with E-state index in [-0.39, 0.29) is 5.38 Å². The summed E-state index contributed by atoms with van der Waals surface area (Å²) in [6.45, 7) is 2.01. The molecule has 1 aromatic carbocycles. The highest BCUT2D eigenvalue weighted by Gasteiger charge is 2.20. The van der Waals surface area contributed by atoms with Gasteiger partial charge in [-0.2, -0.15) is 0 Å². The molecule has 1 heterocycles. The van der Waals surface area contributed by atoms with E-state index in [0.717, 1.165) is 26.2 Å². The maximum atomic E-state index is 6.51. The molecule has 1 unspecified atom stereocenters. The molecule has 1 atom stereocenters. The molecule has 0 aliphatic carbocycles. The zero-order chi connectivity index (χ0) is 13.3. The average molecular weight is 366 g/mol. The van der Waals surface area contributed by atoms with Crippen molar-refractivity contribution in [3.63, 3.8) is 0 Å². The second kappa shape index (κ2) is 5.83. The van der Waals surface area contributed by atoms with Crippen LogP contribution in [0.5, 0.6) is 5.75 Å². The second-order valence-electron chi connectivity index (χ2n) is 3.84. The molecule has 0 aliphatic heterocycles. The first-order valence-corrected chi connectivity index (χ1v) is 7.74. The lowest BCUT2D eigenvalue weighted by molar-refractivity contribution is 0.410. The summed E-state index contributed by atoms with van der Waals surface area (Å²) in [7, 11) is 1.64. The smallest absolute Gasteiger partial charge is 0.124 e. The first-order valence-electron chi connectivity index (χ1n) is 5.25. The predicted molar refractivity (Wildman–Crippen MR) is 82.5 cm³/mol. The first kappa shape index (κ1) is 14.2. The van der Waals surface area contributed by atoms with Gasteiger partial charge >= 0.3 is 0 Å². The summed E-state index contributed by atoms with van der Waals surface area (Å²) in [6.07, 6.45) is 0. The second-order valence-corrected chi connectivity index (χ2v) is 6.48. The zero-order valence-electron chi connectivity index (χ0n) is 9.84. The minimum absolute atomic E-state index is 0.302. The van der Waals surface area contributed by atoms with Gasteiger partial charge in [-0.25, -0.2) is 0 Å². The van der Waals surface area contributed by atoms with Gasteiger partial charge in [0.25, 0.3) is 0 Å². The van der Waals surface area contributed by atoms with Gasteiger partial charge in [0.1, 0.15) is 5.75 Å². The Balaban J connectivity index is 2.50. The van der Waals surface area contributed by atoms with Crippen LogP contribution in [0.25, 0.3) is 0 Å². The van der Waals surface area contributed by atoms with Crippen LogP contribution in [0.4, 0.5) is 0 Å². The Hall–Kier alpha value is -0.220. The maximum absolute atomic E-state index is 6.51. The Kier molecular flexibility index (Phi) is 4.59. The van der Waals surface area contributed by atoms with Crippen molar-refractivity contribution in [2.45, 2.75) is 12.3 Å². The van der Waals surface area contributed by atoms with Gasteiger partial charge in [-0.05, 0) is 36.1 Å². The van der Waals surface area contributed by atoms with Gasteiger partial charge in [-0.1, -0.05) is 27.5 Å². The van der Waals surface area contributed by atoms with Crippen LogP contribution in [0.2, 0.25) is 5.02 Å². The fourth-order valence-electron chi connectivity index (χ4n) is 1.67. The van der Waals surface area contributed by atoms with Crippen molar-refractivity contribution in [1.82, 2.24) is 0 Å². The molecule has 1 aromatic heterocycles. The van der Waals surface area contributed by atoms with E-state index in [4.69, 9.17) is 27.9 Å². The van der Waals surface area contributed by atoms with Crippen molar-refractivity contribution in [1.29, 1.82) is 0 Å². The summed E-state index contributed by atoms with van der Waals surface area (Å²) in [5.41, 5.74) is 2.03. The lowest BCUT2D eigenvalue weighted by Crippen LogP contribution is -1.97. The molecule has 0 N–H and O–H groups in total. The Morgan fingerprint density at radius 2 is 2.11 bits per heavy atom. The molecule has 0 fully saturated rings. The highest BCUT2D eigenvalue weighted by atomic mass is 79.9. The van der Waals surface area contributed by atoms with Gasteiger partial charge in [0.15, 0.2) is 0 Å². The van der Waals surface area contributed by atoms with Crippen molar-refractivity contribution in [2.75, 3.05) is 7.11 Å². The summed E-state index contributed by atoms with van der Waals surface area (Å²) < 4.78 is 6.41. The number of alkyl halides is 1. The molecule has 1 nitrogen and oxygen atoms in total. The van der Waals surface area contributed by atoms with Crippen LogP contribution in [0, 0.1) is 6.92 Å². The van der Waals surface area contributed by atoms with E-state index in [1.165, 1.54) is 0 Å². The van der Waals surface area contributed by atoms with Gasteiger partial charge in [0.05, 0.1) is 17.5 Å². The van der Waals surface area contributed by atoms with E-state index >= 15 is 0 Å². The van der Waals surface area contributed by atoms with Gasteiger partial charge in [-0.3, -0.25) is 0 Å². The summed E-state index contributed by atoms with van der Waals surface area (Å²) in [5.74, 6) is 0.778. The van der Waals surface area contributed by atoms with Crippen molar-refractivity contribution >= 4 is 50.5 Å². The highest BCUT2D eigenvalue weighted by molar-refractivity contribution is 9.10. The van der Waals surface area contributed by atoms with Crippen molar-refractivity contribution in [3.05, 3.63) is 49.1 Å². The molecule has 0 bridgehead atoms. The number of halogens is 3. The molecular formula is C13H11BrCl2OS. The number of aryl methyl sites for hydroxylation is 1. The molecule has 2 rings (SSSR count). The van der Waals surface area contributed by atoms with Gasteiger partial charge in [0.2, 0.25) is 0 Å². The number of ether oxygens (including phenoxy) is 1. The van der Waals surface area contributed by atoms with Gasteiger partial charge < -0.3 is 4.74 Å². The number of thiophene rings is 1. The molecule has 96 valence electrons. The fraction of sp³-hybridized carbons (Fsp3) is 0.231. The SMILES string of the molecule is COc1cc(C)c(Br)cc1C(Cl)c1sccc1Cl. The number of methoxy groups -OCH3 is 1. The zero-order valence-corrected chi connectivity index (χ0v) is 13.8. The molecule has 0 aliphatic rings. The fourth-order valence-corrected chi connectivity index (χ4v) is 3.69. The third kappa shape index (κ3) is 2.69. The minimum Gasteiger partial charge on any atom is -0.496 e. The molecular weight excluding hydrogens is 355 g/mol. The van der Waals surface area contributed by atoms with Crippen molar-refractivity contribution < 1.29 is 4.74 Å². The molecule has 0 radical (unpaired) electrons. The third-order valence-corrected chi connectivity index (χ3v) is 5.52. The maximum Gasteiger partial charge on any atom is 0.124 e. The minimum atomic E-state index is -0.302. The van der Waals surface area contributed by atoms with E-state index in [9.17, 15) is 0 Å². The predicted octanol–water partition coefficient (Wildman–Crippen LogP) is 5.81. The van der Waals surface area contributed by atoms with E-state index in [0.29, 0.717) is 5.02 Å². The Bertz CT molecular complexity index is 568. The molecule has 0 saturated heterocycles. The third-order valence-electron chi connectivity index (χ3n) is 2.66. The van der Waals surface area contributed by atoms with Crippen LogP contribution in [0.3, 0.4) is 0 Å². The Labute approximate surface area is 129 Å². The van der Waals surface area contributed by atoms with E-state index in [1.807, 2.05) is 30.5 Å². The lowest BCUT2D eigenvalue weighted by Gasteiger charge is -2.15. The van der Waals surface area contributed by atoms with Gasteiger partial charge in [0, 0.05) is 14.9 Å². The summed E-state index contributed by atoms with van der Waals surface area (Å²) in [5, 5.41) is 2.33. The van der Waals surface area contributed by atoms with Crippen LogP contribution < -0.4 is 4.74 Å². The van der Waals surface area contributed by atoms with Crippen molar-refractivity contribution in [3.8, 4) is 5.75 Å². The van der Waals surface area contributed by atoms with Crippen LogP contribution in [0.15, 0.2) is 28.1 Å². The quantitative estimate of drug-likeness (QED) is 0.623. The van der Waals surface area contributed by atoms with Crippen LogP contribution >= 0.6 is 50.5 Å². The molecule has 18 heavy (non-hydrogen) atoms. The number of hydrogen-bond donors (Lipinski definition) is 0. The lowest BCUT2D eigenvalue weighted by atomic mass is 10.1.